The quantitative estimate of drug-likeness (QED) is 0.760. The van der Waals surface area contributed by atoms with E-state index in [2.05, 4.69) is 22.0 Å². The molecule has 1 atom stereocenters. The molecule has 0 saturated heterocycles. The highest BCUT2D eigenvalue weighted by molar-refractivity contribution is 6.06. The van der Waals surface area contributed by atoms with Gasteiger partial charge >= 0.3 is 5.97 Å². The number of amides is 1. The first kappa shape index (κ1) is 17.7. The predicted octanol–water partition coefficient (Wildman–Crippen LogP) is 2.47. The molecule has 0 aromatic carbocycles. The van der Waals surface area contributed by atoms with Gasteiger partial charge in [0.15, 0.2) is 5.65 Å². The highest BCUT2D eigenvalue weighted by Gasteiger charge is 2.22. The molecule has 0 aliphatic rings. The number of carbonyl (C=O) groups excluding carboxylic acids is 1. The zero-order valence-electron chi connectivity index (χ0n) is 14.1. The molecule has 0 spiro atoms. The lowest BCUT2D eigenvalue weighted by Gasteiger charge is -2.14. The van der Waals surface area contributed by atoms with E-state index in [1.54, 1.807) is 29.9 Å². The van der Waals surface area contributed by atoms with Gasteiger partial charge in [-0.2, -0.15) is 5.10 Å². The summed E-state index contributed by atoms with van der Waals surface area (Å²) in [5.74, 6) is -1.50. The maximum Gasteiger partial charge on any atom is 0.326 e. The van der Waals surface area contributed by atoms with Crippen molar-refractivity contribution < 1.29 is 14.7 Å². The number of aliphatic carboxylic acids is 1. The van der Waals surface area contributed by atoms with Crippen LogP contribution < -0.4 is 5.32 Å². The van der Waals surface area contributed by atoms with Gasteiger partial charge in [-0.25, -0.2) is 14.5 Å². The molecule has 0 aliphatic carbocycles. The smallest absolute Gasteiger partial charge is 0.326 e. The van der Waals surface area contributed by atoms with Crippen molar-refractivity contribution in [3.8, 4) is 0 Å². The third-order valence-corrected chi connectivity index (χ3v) is 3.69. The molecule has 2 aromatic rings. The van der Waals surface area contributed by atoms with Crippen LogP contribution in [0.2, 0.25) is 0 Å². The fourth-order valence-electron chi connectivity index (χ4n) is 2.49. The van der Waals surface area contributed by atoms with E-state index in [0.29, 0.717) is 35.1 Å². The molecule has 7 nitrogen and oxygen atoms in total. The van der Waals surface area contributed by atoms with Crippen LogP contribution >= 0.6 is 0 Å². The van der Waals surface area contributed by atoms with Crippen molar-refractivity contribution in [1.82, 2.24) is 20.1 Å². The maximum absolute atomic E-state index is 12.6. The van der Waals surface area contributed by atoms with Crippen molar-refractivity contribution in [3.05, 3.63) is 36.2 Å². The summed E-state index contributed by atoms with van der Waals surface area (Å²) in [7, 11) is 0. The number of fused-ring (bicyclic) bond motifs is 1. The van der Waals surface area contributed by atoms with Crippen LogP contribution in [0.3, 0.4) is 0 Å². The van der Waals surface area contributed by atoms with E-state index >= 15 is 0 Å². The van der Waals surface area contributed by atoms with Crippen LogP contribution in [0.1, 0.15) is 48.8 Å². The first-order valence-electron chi connectivity index (χ1n) is 7.84. The summed E-state index contributed by atoms with van der Waals surface area (Å²) in [5, 5.41) is 16.7. The van der Waals surface area contributed by atoms with Gasteiger partial charge in [0.05, 0.1) is 17.1 Å². The number of nitrogens with zero attached hydrogens (tertiary/aromatic N) is 3. The Morgan fingerprint density at radius 1 is 1.46 bits per heavy atom. The minimum absolute atomic E-state index is 0.104. The van der Waals surface area contributed by atoms with Crippen LogP contribution in [-0.4, -0.2) is 37.8 Å². The molecule has 1 unspecified atom stereocenters. The number of nitrogens with one attached hydrogen (secondary N) is 1. The average molecular weight is 330 g/mol. The minimum Gasteiger partial charge on any atom is -0.480 e. The van der Waals surface area contributed by atoms with Crippen LogP contribution in [0.25, 0.3) is 11.0 Å². The normalized spacial score (nSPS) is 12.3. The first-order valence-corrected chi connectivity index (χ1v) is 7.84. The highest BCUT2D eigenvalue weighted by atomic mass is 16.4. The van der Waals surface area contributed by atoms with Gasteiger partial charge in [0.2, 0.25) is 0 Å². The Bertz CT molecular complexity index is 779. The molecule has 0 fully saturated rings. The van der Waals surface area contributed by atoms with Gasteiger partial charge in [0.1, 0.15) is 6.04 Å². The summed E-state index contributed by atoms with van der Waals surface area (Å²) in [6.45, 7) is 9.32. The average Bonchev–Trinajstić information content (AvgIpc) is 2.93. The largest absolute Gasteiger partial charge is 0.480 e. The van der Waals surface area contributed by atoms with Gasteiger partial charge in [-0.1, -0.05) is 6.08 Å². The van der Waals surface area contributed by atoms with Gasteiger partial charge in [-0.15, -0.1) is 6.58 Å². The fourth-order valence-corrected chi connectivity index (χ4v) is 2.49. The molecule has 128 valence electrons. The van der Waals surface area contributed by atoms with Crippen LogP contribution in [0.4, 0.5) is 0 Å². The minimum atomic E-state index is -1.06. The Balaban J connectivity index is 2.38. The Morgan fingerprint density at radius 3 is 2.75 bits per heavy atom. The standard InChI is InChI=1S/C17H22N4O3/c1-5-6-7-14(17(23)24)20-16(22)12-8-11(4)19-15-13(12)9-18-21(15)10(2)3/h5,8-10,14H,1,6-7H2,2-4H3,(H,20,22)(H,23,24). The van der Waals surface area contributed by atoms with Crippen LogP contribution in [0.5, 0.6) is 0 Å². The molecule has 0 saturated carbocycles. The predicted molar refractivity (Wildman–Crippen MR) is 91.0 cm³/mol. The van der Waals surface area contributed by atoms with Crippen LogP contribution in [0.15, 0.2) is 24.9 Å². The second kappa shape index (κ2) is 7.25. The van der Waals surface area contributed by atoms with Gasteiger partial charge in [0.25, 0.3) is 5.91 Å². The number of aromatic nitrogens is 3. The van der Waals surface area contributed by atoms with Gasteiger partial charge in [-0.3, -0.25) is 4.79 Å². The Kier molecular flexibility index (Phi) is 5.33. The monoisotopic (exact) mass is 330 g/mol. The van der Waals surface area contributed by atoms with Crippen molar-refractivity contribution in [2.45, 2.75) is 45.7 Å². The Hall–Kier alpha value is -2.70. The van der Waals surface area contributed by atoms with Crippen molar-refractivity contribution in [1.29, 1.82) is 0 Å². The lowest BCUT2D eigenvalue weighted by molar-refractivity contribution is -0.139. The topological polar surface area (TPSA) is 97.1 Å². The van der Waals surface area contributed by atoms with Crippen LogP contribution in [-0.2, 0) is 4.79 Å². The first-order chi connectivity index (χ1) is 11.3. The molecule has 2 N–H and O–H groups in total. The van der Waals surface area contributed by atoms with Gasteiger partial charge in [-0.05, 0) is 39.7 Å². The summed E-state index contributed by atoms with van der Waals surface area (Å²) in [4.78, 5) is 28.4. The molecule has 7 heteroatoms. The molecule has 0 aliphatic heterocycles. The number of allylic oxidation sites excluding steroid dienone is 1. The number of carbonyl (C=O) groups is 2. The van der Waals surface area contributed by atoms with E-state index in [0.717, 1.165) is 0 Å². The molecule has 2 rings (SSSR count). The van der Waals surface area contributed by atoms with Crippen molar-refractivity contribution >= 4 is 22.9 Å². The Morgan fingerprint density at radius 2 is 2.17 bits per heavy atom. The number of hydrogen-bond donors (Lipinski definition) is 2. The van der Waals surface area contributed by atoms with Crippen molar-refractivity contribution in [2.24, 2.45) is 0 Å². The second-order valence-corrected chi connectivity index (χ2v) is 5.96. The zero-order valence-corrected chi connectivity index (χ0v) is 14.1. The summed E-state index contributed by atoms with van der Waals surface area (Å²) in [6, 6.07) is 0.794. The number of carboxylic acids is 1. The molecule has 2 heterocycles. The summed E-state index contributed by atoms with van der Waals surface area (Å²) >= 11 is 0. The molecular weight excluding hydrogens is 308 g/mol. The Labute approximate surface area is 140 Å². The summed E-state index contributed by atoms with van der Waals surface area (Å²) < 4.78 is 1.74. The van der Waals surface area contributed by atoms with Gasteiger partial charge < -0.3 is 10.4 Å². The van der Waals surface area contributed by atoms with Crippen molar-refractivity contribution in [2.75, 3.05) is 0 Å². The van der Waals surface area contributed by atoms with E-state index < -0.39 is 17.9 Å². The van der Waals surface area contributed by atoms with E-state index in [1.807, 2.05) is 13.8 Å². The summed E-state index contributed by atoms with van der Waals surface area (Å²) in [6.07, 6.45) is 4.02. The third kappa shape index (κ3) is 3.61. The third-order valence-electron chi connectivity index (χ3n) is 3.69. The SMILES string of the molecule is C=CCCC(NC(=O)c1cc(C)nc2c1cnn2C(C)C)C(=O)O. The van der Waals surface area contributed by atoms with E-state index in [1.165, 1.54) is 0 Å². The highest BCUT2D eigenvalue weighted by Crippen LogP contribution is 2.21. The van der Waals surface area contributed by atoms with Crippen LogP contribution in [0, 0.1) is 6.92 Å². The summed E-state index contributed by atoms with van der Waals surface area (Å²) in [5.41, 5.74) is 1.68. The lowest BCUT2D eigenvalue weighted by Crippen LogP contribution is -2.40. The number of pyridine rings is 1. The fraction of sp³-hybridized carbons (Fsp3) is 0.412. The van der Waals surface area contributed by atoms with E-state index in [9.17, 15) is 14.7 Å². The number of aryl methyl sites for hydroxylation is 1. The number of hydrogen-bond acceptors (Lipinski definition) is 4. The van der Waals surface area contributed by atoms with Gasteiger partial charge in [0, 0.05) is 11.7 Å². The molecule has 1 amide bonds. The molecule has 0 radical (unpaired) electrons. The van der Waals surface area contributed by atoms with E-state index in [-0.39, 0.29) is 6.04 Å². The molecule has 24 heavy (non-hydrogen) atoms. The second-order valence-electron chi connectivity index (χ2n) is 5.96. The maximum atomic E-state index is 12.6. The van der Waals surface area contributed by atoms with Crippen molar-refractivity contribution in [3.63, 3.8) is 0 Å². The molecule has 2 aromatic heterocycles. The molecular formula is C17H22N4O3. The van der Waals surface area contributed by atoms with E-state index in [4.69, 9.17) is 0 Å². The molecule has 0 bridgehead atoms. The lowest BCUT2D eigenvalue weighted by atomic mass is 10.1. The zero-order chi connectivity index (χ0) is 17.9. The number of carboxylic acid groups (broad SMARTS) is 1. The number of rotatable bonds is 7.